The molecule has 0 unspecified atom stereocenters. The van der Waals surface area contributed by atoms with Crippen molar-refractivity contribution in [1.29, 1.82) is 0 Å². The number of carbonyl (C=O) groups excluding carboxylic acids is 3. The Kier molecular flexibility index (Phi) is 12.7. The predicted molar refractivity (Wildman–Crippen MR) is 248 cm³/mol. The number of hydrogen-bond acceptors (Lipinski definition) is 11. The summed E-state index contributed by atoms with van der Waals surface area (Å²) in [6.45, 7) is -3.90. The summed E-state index contributed by atoms with van der Waals surface area (Å²) >= 11 is 0. The van der Waals surface area contributed by atoms with Gasteiger partial charge in [-0.05, 0) is 123 Å². The summed E-state index contributed by atoms with van der Waals surface area (Å²) in [6, 6.07) is 13.4. The Morgan fingerprint density at radius 3 is 1.46 bits per heavy atom. The molecule has 1 saturated heterocycles. The van der Waals surface area contributed by atoms with Crippen LogP contribution in [0.5, 0.6) is 23.0 Å². The standard InChI is InChI=1S/C28H29F2N3O5.C24H22F2N2O5/c1-36-22-13-18(14-23(38-27(29)30)25(22)21(34)12-17-2-3-17)20-16-31-24-15-19(4-7-33(20)24)28(5-6-28)26(35)32-8-10-37-11-9-32;1-32-18-9-14(10-19(33-23(25)26)21(18)17(29)8-13-2-3-13)16-12-27-20-11-15(4-7-28(16)20)24(5-6-24)22(30)31/h4,7,13-17,27H,2-3,5-6,8-12H2,1H3;4,7,9-13,23H,2-3,5-6,8H2,1H3,(H,30,31). The van der Waals surface area contributed by atoms with Gasteiger partial charge in [-0.2, -0.15) is 17.6 Å². The number of ether oxygens (including phenoxy) is 5. The molecule has 4 aliphatic carbocycles. The monoisotopic (exact) mass is 981 g/mol. The molecule has 1 amide bonds. The largest absolute Gasteiger partial charge is 0.496 e. The Morgan fingerprint density at radius 2 is 1.08 bits per heavy atom. The summed E-state index contributed by atoms with van der Waals surface area (Å²) < 4.78 is 82.4. The lowest BCUT2D eigenvalue weighted by Gasteiger charge is -2.30. The van der Waals surface area contributed by atoms with E-state index in [1.54, 1.807) is 47.3 Å². The number of morpholine rings is 1. The van der Waals surface area contributed by atoms with Gasteiger partial charge in [-0.1, -0.05) is 0 Å². The lowest BCUT2D eigenvalue weighted by atomic mass is 9.95. The average molecular weight is 982 g/mol. The molecule has 0 radical (unpaired) electrons. The summed E-state index contributed by atoms with van der Waals surface area (Å²) in [5, 5.41) is 9.56. The third-order valence-electron chi connectivity index (χ3n) is 14.2. The summed E-state index contributed by atoms with van der Waals surface area (Å²) in [5.41, 5.74) is 3.59. The quantitative estimate of drug-likeness (QED) is 0.0640. The highest BCUT2D eigenvalue weighted by atomic mass is 19.3. The van der Waals surface area contributed by atoms with Crippen LogP contribution in [-0.4, -0.2) is 106 Å². The van der Waals surface area contributed by atoms with Crippen molar-refractivity contribution in [2.75, 3.05) is 40.5 Å². The topological polar surface area (TPSA) is 172 Å². The zero-order chi connectivity index (χ0) is 49.8. The smallest absolute Gasteiger partial charge is 0.387 e. The van der Waals surface area contributed by atoms with Gasteiger partial charge in [0.2, 0.25) is 5.91 Å². The van der Waals surface area contributed by atoms with Crippen LogP contribution in [0.3, 0.4) is 0 Å². The summed E-state index contributed by atoms with van der Waals surface area (Å²) in [6.07, 6.45) is 13.8. The van der Waals surface area contributed by atoms with Crippen LogP contribution < -0.4 is 18.9 Å². The van der Waals surface area contributed by atoms with E-state index < -0.39 is 30.0 Å². The van der Waals surface area contributed by atoms with Crippen molar-refractivity contribution in [3.63, 3.8) is 0 Å². The van der Waals surface area contributed by atoms with Gasteiger partial charge in [0.05, 0.1) is 62.0 Å². The SMILES string of the molecule is COc1cc(-c2cnc3cc(C4(C(=O)N5CCOCC5)CC4)ccn23)cc(OC(F)F)c1C(=O)CC1CC1.COc1cc(-c2cnc3cc(C4(C(=O)O)CC4)ccn23)cc(OC(F)F)c1C(=O)CC1CC1. The van der Waals surface area contributed by atoms with Crippen LogP contribution in [0.1, 0.15) is 96.1 Å². The molecule has 5 aliphatic rings. The minimum Gasteiger partial charge on any atom is -0.496 e. The highest BCUT2D eigenvalue weighted by molar-refractivity contribution is 6.03. The third kappa shape index (κ3) is 9.50. The number of alkyl halides is 4. The van der Waals surface area contributed by atoms with Gasteiger partial charge in [-0.3, -0.25) is 28.0 Å². The molecule has 5 fully saturated rings. The number of imidazole rings is 2. The number of carboxylic acid groups (broad SMARTS) is 1. The van der Waals surface area contributed by atoms with Gasteiger partial charge in [0.25, 0.3) is 0 Å². The molecule has 0 atom stereocenters. The number of methoxy groups -OCH3 is 2. The molecule has 1 aliphatic heterocycles. The van der Waals surface area contributed by atoms with Gasteiger partial charge in [0.15, 0.2) is 11.6 Å². The van der Waals surface area contributed by atoms with Crippen LogP contribution in [0.25, 0.3) is 33.8 Å². The van der Waals surface area contributed by atoms with E-state index >= 15 is 0 Å². The predicted octanol–water partition coefficient (Wildman–Crippen LogP) is 9.19. The first kappa shape index (κ1) is 47.6. The van der Waals surface area contributed by atoms with Crippen LogP contribution in [0, 0.1) is 11.8 Å². The van der Waals surface area contributed by atoms with Gasteiger partial charge in [-0.15, -0.1) is 0 Å². The van der Waals surface area contributed by atoms with Gasteiger partial charge >= 0.3 is 19.2 Å². The number of ketones is 2. The maximum absolute atomic E-state index is 13.3. The van der Waals surface area contributed by atoms with Crippen molar-refractivity contribution in [3.8, 4) is 45.5 Å². The molecule has 0 spiro atoms. The number of carboxylic acids is 1. The maximum atomic E-state index is 13.3. The van der Waals surface area contributed by atoms with Crippen LogP contribution in [-0.2, 0) is 25.2 Å². The summed E-state index contributed by atoms with van der Waals surface area (Å²) in [4.78, 5) is 61.5. The summed E-state index contributed by atoms with van der Waals surface area (Å²) in [5.74, 6) is -0.841. The molecule has 2 aromatic carbocycles. The molecule has 71 heavy (non-hydrogen) atoms. The second kappa shape index (κ2) is 19.0. The zero-order valence-corrected chi connectivity index (χ0v) is 39.0. The molecule has 11 rings (SSSR count). The normalized spacial score (nSPS) is 17.7. The first-order valence-corrected chi connectivity index (χ1v) is 23.7. The first-order chi connectivity index (χ1) is 34.2. The lowest BCUT2D eigenvalue weighted by molar-refractivity contribution is -0.140. The van der Waals surface area contributed by atoms with E-state index in [1.165, 1.54) is 26.4 Å². The van der Waals surface area contributed by atoms with Crippen molar-refractivity contribution in [2.24, 2.45) is 11.8 Å². The molecule has 0 bridgehead atoms. The fourth-order valence-corrected chi connectivity index (χ4v) is 9.65. The number of aromatic nitrogens is 4. The lowest BCUT2D eigenvalue weighted by Crippen LogP contribution is -2.45. The number of halogens is 4. The molecule has 5 heterocycles. The van der Waals surface area contributed by atoms with Crippen LogP contribution in [0.4, 0.5) is 17.6 Å². The Hall–Kier alpha value is -7.02. The molecule has 4 aromatic heterocycles. The molecule has 372 valence electrons. The number of aliphatic carboxylic acids is 1. The molecule has 4 saturated carbocycles. The Balaban J connectivity index is 0.000000166. The van der Waals surface area contributed by atoms with E-state index in [0.29, 0.717) is 78.5 Å². The number of rotatable bonds is 18. The van der Waals surface area contributed by atoms with Gasteiger partial charge in [0, 0.05) is 49.5 Å². The molecule has 19 heteroatoms. The second-order valence-electron chi connectivity index (χ2n) is 18.9. The van der Waals surface area contributed by atoms with Crippen molar-refractivity contribution < 1.29 is 65.5 Å². The van der Waals surface area contributed by atoms with Crippen LogP contribution in [0.2, 0.25) is 0 Å². The first-order valence-electron chi connectivity index (χ1n) is 23.7. The molecular weight excluding hydrogens is 931 g/mol. The number of pyridine rings is 2. The minimum atomic E-state index is -3.10. The van der Waals surface area contributed by atoms with Crippen molar-refractivity contribution in [2.45, 2.75) is 88.3 Å². The van der Waals surface area contributed by atoms with Crippen molar-refractivity contribution in [1.82, 2.24) is 23.7 Å². The summed E-state index contributed by atoms with van der Waals surface area (Å²) in [7, 11) is 2.78. The van der Waals surface area contributed by atoms with Gasteiger partial charge in [-0.25, -0.2) is 9.97 Å². The Bertz CT molecular complexity index is 3060. The minimum absolute atomic E-state index is 0.0155. The number of benzene rings is 2. The van der Waals surface area contributed by atoms with E-state index in [1.807, 2.05) is 27.6 Å². The highest BCUT2D eigenvalue weighted by Gasteiger charge is 2.54. The van der Waals surface area contributed by atoms with E-state index in [4.69, 9.17) is 23.7 Å². The van der Waals surface area contributed by atoms with Crippen molar-refractivity contribution >= 4 is 34.7 Å². The average Bonchev–Trinajstić information content (AvgIpc) is 4.14. The fourth-order valence-electron chi connectivity index (χ4n) is 9.65. The number of fused-ring (bicyclic) bond motifs is 2. The molecule has 6 aromatic rings. The van der Waals surface area contributed by atoms with Gasteiger partial charge < -0.3 is 33.7 Å². The van der Waals surface area contributed by atoms with E-state index in [-0.39, 0.29) is 76.3 Å². The maximum Gasteiger partial charge on any atom is 0.387 e. The number of amides is 1. The van der Waals surface area contributed by atoms with E-state index in [2.05, 4.69) is 9.97 Å². The molecular formula is C52H51F4N5O10. The zero-order valence-electron chi connectivity index (χ0n) is 39.0. The Labute approximate surface area is 404 Å². The van der Waals surface area contributed by atoms with Crippen molar-refractivity contribution in [3.05, 3.63) is 95.6 Å². The van der Waals surface area contributed by atoms with E-state index in [0.717, 1.165) is 44.1 Å². The van der Waals surface area contributed by atoms with Gasteiger partial charge in [0.1, 0.15) is 45.4 Å². The fraction of sp³-hybridized carbons (Fsp3) is 0.423. The van der Waals surface area contributed by atoms with E-state index in [9.17, 15) is 41.8 Å². The number of carbonyl (C=O) groups is 4. The van der Waals surface area contributed by atoms with Crippen LogP contribution >= 0.6 is 0 Å². The number of nitrogens with zero attached hydrogens (tertiary/aromatic N) is 5. The Morgan fingerprint density at radius 1 is 0.662 bits per heavy atom. The third-order valence-corrected chi connectivity index (χ3v) is 14.2. The highest BCUT2D eigenvalue weighted by Crippen LogP contribution is 2.51. The van der Waals surface area contributed by atoms with Crippen LogP contribution in [0.15, 0.2) is 73.3 Å². The number of hydrogen-bond donors (Lipinski definition) is 1. The second-order valence-corrected chi connectivity index (χ2v) is 18.9. The molecule has 15 nitrogen and oxygen atoms in total. The molecule has 1 N–H and O–H groups in total. The number of Topliss-reactive ketones (excluding diaryl/α,β-unsaturated/α-hetero) is 2.